The lowest BCUT2D eigenvalue weighted by molar-refractivity contribution is 0.273. The van der Waals surface area contributed by atoms with Gasteiger partial charge in [0.1, 0.15) is 0 Å². The van der Waals surface area contributed by atoms with Crippen molar-refractivity contribution in [1.82, 2.24) is 14.5 Å². The number of fused-ring (bicyclic) bond motifs is 1. The lowest BCUT2D eigenvalue weighted by Gasteiger charge is -2.34. The van der Waals surface area contributed by atoms with Crippen LogP contribution >= 0.6 is 0 Å². The zero-order valence-electron chi connectivity index (χ0n) is 18.7. The lowest BCUT2D eigenvalue weighted by atomic mass is 9.83. The SMILES string of the molecule is C=C(C1CCC1)N1C[C@@H](c2c[nH]c3ccccc23)[C@H](c2cn3c4c(cccc24)CCC3)C1. The molecule has 0 radical (unpaired) electrons. The van der Waals surface area contributed by atoms with E-state index < -0.39 is 0 Å². The molecule has 4 heterocycles. The minimum atomic E-state index is 0.478. The van der Waals surface area contributed by atoms with Crippen molar-refractivity contribution in [2.24, 2.45) is 5.92 Å². The van der Waals surface area contributed by atoms with Crippen LogP contribution in [0.5, 0.6) is 0 Å². The van der Waals surface area contributed by atoms with Crippen LogP contribution in [0.15, 0.2) is 67.1 Å². The van der Waals surface area contributed by atoms with Gasteiger partial charge in [0.05, 0.1) is 5.52 Å². The van der Waals surface area contributed by atoms with E-state index in [-0.39, 0.29) is 0 Å². The van der Waals surface area contributed by atoms with Crippen LogP contribution in [0.2, 0.25) is 0 Å². The number of hydrogen-bond acceptors (Lipinski definition) is 1. The van der Waals surface area contributed by atoms with Gasteiger partial charge in [-0.3, -0.25) is 0 Å². The molecule has 0 amide bonds. The molecule has 4 aromatic rings. The molecule has 0 bridgehead atoms. The van der Waals surface area contributed by atoms with Gasteiger partial charge < -0.3 is 14.5 Å². The standard InChI is InChI=1S/C29H31N3/c1-19(20-7-4-8-20)32-17-26(24-15-30-28-13-3-2-11-22(24)28)27(18-32)25-16-31-14-6-10-21-9-5-12-23(25)29(21)31/h2-3,5,9,11-13,15-16,20,26-27,30H,1,4,6-8,10,14,17-18H2/t26-,27-/m0/s1. The summed E-state index contributed by atoms with van der Waals surface area (Å²) >= 11 is 0. The largest absolute Gasteiger partial charge is 0.374 e. The number of benzene rings is 2. The molecule has 1 saturated carbocycles. The Bertz CT molecular complexity index is 1340. The van der Waals surface area contributed by atoms with Crippen molar-refractivity contribution in [2.45, 2.75) is 50.5 Å². The number of H-pyrrole nitrogens is 1. The van der Waals surface area contributed by atoms with Crippen LogP contribution in [-0.4, -0.2) is 27.5 Å². The Morgan fingerprint density at radius 3 is 2.56 bits per heavy atom. The van der Waals surface area contributed by atoms with Gasteiger partial charge in [0, 0.05) is 65.8 Å². The number of likely N-dealkylation sites (tertiary alicyclic amines) is 1. The predicted molar refractivity (Wildman–Crippen MR) is 132 cm³/mol. The monoisotopic (exact) mass is 421 g/mol. The topological polar surface area (TPSA) is 24.0 Å². The molecule has 3 heteroatoms. The molecule has 1 saturated heterocycles. The van der Waals surface area contributed by atoms with Crippen molar-refractivity contribution in [3.63, 3.8) is 0 Å². The van der Waals surface area contributed by atoms with E-state index >= 15 is 0 Å². The van der Waals surface area contributed by atoms with Crippen LogP contribution in [0.1, 0.15) is 54.2 Å². The minimum absolute atomic E-state index is 0.478. The predicted octanol–water partition coefficient (Wildman–Crippen LogP) is 6.57. The van der Waals surface area contributed by atoms with Gasteiger partial charge >= 0.3 is 0 Å². The number of allylic oxidation sites excluding steroid dienone is 1. The summed E-state index contributed by atoms with van der Waals surface area (Å²) in [5, 5.41) is 2.86. The zero-order valence-corrected chi connectivity index (χ0v) is 18.7. The van der Waals surface area contributed by atoms with E-state index in [4.69, 9.17) is 0 Å². The number of nitrogens with zero attached hydrogens (tertiary/aromatic N) is 2. The molecule has 1 N–H and O–H groups in total. The summed E-state index contributed by atoms with van der Waals surface area (Å²) in [7, 11) is 0. The smallest absolute Gasteiger partial charge is 0.0515 e. The quantitative estimate of drug-likeness (QED) is 0.396. The summed E-state index contributed by atoms with van der Waals surface area (Å²) in [5.74, 6) is 1.67. The summed E-state index contributed by atoms with van der Waals surface area (Å²) < 4.78 is 2.54. The highest BCUT2D eigenvalue weighted by molar-refractivity contribution is 5.89. The number of aryl methyl sites for hydroxylation is 2. The second-order valence-corrected chi connectivity index (χ2v) is 10.2. The van der Waals surface area contributed by atoms with Crippen molar-refractivity contribution < 1.29 is 0 Å². The van der Waals surface area contributed by atoms with Crippen LogP contribution in [0.3, 0.4) is 0 Å². The van der Waals surface area contributed by atoms with Gasteiger partial charge in [-0.1, -0.05) is 49.4 Å². The highest BCUT2D eigenvalue weighted by Crippen LogP contribution is 2.48. The molecule has 2 atom stereocenters. The Morgan fingerprint density at radius 1 is 0.906 bits per heavy atom. The van der Waals surface area contributed by atoms with Gasteiger partial charge in [-0.15, -0.1) is 0 Å². The Labute approximate surface area is 189 Å². The molecule has 32 heavy (non-hydrogen) atoms. The van der Waals surface area contributed by atoms with E-state index in [0.29, 0.717) is 17.8 Å². The van der Waals surface area contributed by atoms with Gasteiger partial charge in [0.25, 0.3) is 0 Å². The van der Waals surface area contributed by atoms with E-state index in [2.05, 4.69) is 75.9 Å². The highest BCUT2D eigenvalue weighted by Gasteiger charge is 2.40. The number of hydrogen-bond donors (Lipinski definition) is 1. The van der Waals surface area contributed by atoms with E-state index in [0.717, 1.165) is 19.6 Å². The number of aromatic amines is 1. The number of aromatic nitrogens is 2. The third kappa shape index (κ3) is 2.66. The van der Waals surface area contributed by atoms with Crippen LogP contribution in [0.4, 0.5) is 0 Å². The first-order chi connectivity index (χ1) is 15.8. The fraction of sp³-hybridized carbons (Fsp3) is 0.379. The van der Waals surface area contributed by atoms with Gasteiger partial charge in [-0.2, -0.15) is 0 Å². The summed E-state index contributed by atoms with van der Waals surface area (Å²) in [6.45, 7) is 7.90. The van der Waals surface area contributed by atoms with Crippen LogP contribution in [0, 0.1) is 5.92 Å². The molecule has 3 aliphatic rings. The summed E-state index contributed by atoms with van der Waals surface area (Å²) in [5.41, 5.74) is 8.67. The first-order valence-electron chi connectivity index (χ1n) is 12.4. The summed E-state index contributed by atoms with van der Waals surface area (Å²) in [4.78, 5) is 6.19. The molecule has 2 fully saturated rings. The fourth-order valence-corrected chi connectivity index (χ4v) is 6.65. The summed E-state index contributed by atoms with van der Waals surface area (Å²) in [6.07, 6.45) is 11.2. The van der Waals surface area contributed by atoms with E-state index in [1.54, 1.807) is 5.56 Å². The van der Waals surface area contributed by atoms with Crippen molar-refractivity contribution in [2.75, 3.05) is 13.1 Å². The molecule has 1 aliphatic carbocycles. The molecule has 3 nitrogen and oxygen atoms in total. The van der Waals surface area contributed by atoms with E-state index in [1.165, 1.54) is 70.7 Å². The van der Waals surface area contributed by atoms with Crippen molar-refractivity contribution in [1.29, 1.82) is 0 Å². The third-order valence-corrected chi connectivity index (χ3v) is 8.58. The maximum Gasteiger partial charge on any atom is 0.0515 e. The zero-order chi connectivity index (χ0) is 21.2. The van der Waals surface area contributed by atoms with Crippen LogP contribution < -0.4 is 0 Å². The molecule has 0 spiro atoms. The maximum absolute atomic E-state index is 4.59. The number of para-hydroxylation sites is 2. The Morgan fingerprint density at radius 2 is 1.72 bits per heavy atom. The second-order valence-electron chi connectivity index (χ2n) is 10.2. The van der Waals surface area contributed by atoms with Crippen molar-refractivity contribution >= 4 is 21.8 Å². The highest BCUT2D eigenvalue weighted by atomic mass is 15.2. The van der Waals surface area contributed by atoms with E-state index in [9.17, 15) is 0 Å². The Balaban J connectivity index is 1.36. The molecule has 7 rings (SSSR count). The van der Waals surface area contributed by atoms with Crippen LogP contribution in [-0.2, 0) is 13.0 Å². The molecular weight excluding hydrogens is 390 g/mol. The number of rotatable bonds is 4. The molecule has 0 unspecified atom stereocenters. The Kier molecular flexibility index (Phi) is 4.09. The summed E-state index contributed by atoms with van der Waals surface area (Å²) in [6, 6.07) is 15.8. The first kappa shape index (κ1) is 18.6. The lowest BCUT2D eigenvalue weighted by Crippen LogP contribution is -2.28. The Hall–Kier alpha value is -2.94. The normalized spacial score (nSPS) is 23.2. The fourth-order valence-electron chi connectivity index (χ4n) is 6.65. The van der Waals surface area contributed by atoms with Gasteiger partial charge in [-0.25, -0.2) is 0 Å². The minimum Gasteiger partial charge on any atom is -0.374 e. The van der Waals surface area contributed by atoms with Gasteiger partial charge in [0.2, 0.25) is 0 Å². The first-order valence-corrected chi connectivity index (χ1v) is 12.4. The maximum atomic E-state index is 4.59. The van der Waals surface area contributed by atoms with Crippen LogP contribution in [0.25, 0.3) is 21.8 Å². The second kappa shape index (κ2) is 7.03. The van der Waals surface area contributed by atoms with Gasteiger partial charge in [-0.05, 0) is 54.4 Å². The van der Waals surface area contributed by atoms with Gasteiger partial charge in [0.15, 0.2) is 0 Å². The van der Waals surface area contributed by atoms with Crippen molar-refractivity contribution in [3.8, 4) is 0 Å². The van der Waals surface area contributed by atoms with E-state index in [1.807, 2.05) is 0 Å². The third-order valence-electron chi connectivity index (χ3n) is 8.58. The van der Waals surface area contributed by atoms with Crippen molar-refractivity contribution in [3.05, 3.63) is 83.8 Å². The average molecular weight is 422 g/mol. The average Bonchev–Trinajstić information content (AvgIpc) is 3.48. The molecule has 2 aromatic heterocycles. The molecule has 162 valence electrons. The molecular formula is C29H31N3. The molecule has 2 aliphatic heterocycles. The number of nitrogens with one attached hydrogen (secondary N) is 1. The molecule has 2 aromatic carbocycles.